The lowest BCUT2D eigenvalue weighted by Crippen LogP contribution is -2.38. The van der Waals surface area contributed by atoms with Crippen molar-refractivity contribution < 1.29 is 9.66 Å². The van der Waals surface area contributed by atoms with Gasteiger partial charge in [-0.1, -0.05) is 12.8 Å². The van der Waals surface area contributed by atoms with E-state index in [4.69, 9.17) is 15.7 Å². The number of nitrogens with two attached hydrogens (primary N) is 1. The maximum atomic E-state index is 11.1. The first-order chi connectivity index (χ1) is 9.63. The molecule has 0 amide bonds. The SMILES string of the molecule is N#Cc1ccnc(OC2CCCCCC2N)c1[N+](=O)[O-]. The highest BCUT2D eigenvalue weighted by Gasteiger charge is 2.28. The van der Waals surface area contributed by atoms with E-state index in [1.165, 1.54) is 12.3 Å². The molecule has 0 saturated heterocycles. The Hall–Kier alpha value is -2.20. The molecule has 1 aromatic rings. The van der Waals surface area contributed by atoms with E-state index in [1.54, 1.807) is 6.07 Å². The van der Waals surface area contributed by atoms with E-state index >= 15 is 0 Å². The van der Waals surface area contributed by atoms with Crippen LogP contribution in [0.3, 0.4) is 0 Å². The number of rotatable bonds is 3. The van der Waals surface area contributed by atoms with Crippen LogP contribution in [0.5, 0.6) is 5.88 Å². The van der Waals surface area contributed by atoms with Crippen LogP contribution in [-0.2, 0) is 0 Å². The summed E-state index contributed by atoms with van der Waals surface area (Å²) < 4.78 is 5.65. The van der Waals surface area contributed by atoms with Gasteiger partial charge in [0.25, 0.3) is 5.88 Å². The van der Waals surface area contributed by atoms with Crippen LogP contribution in [0.25, 0.3) is 0 Å². The van der Waals surface area contributed by atoms with Gasteiger partial charge in [0, 0.05) is 12.2 Å². The summed E-state index contributed by atoms with van der Waals surface area (Å²) >= 11 is 0. The van der Waals surface area contributed by atoms with Gasteiger partial charge in [-0.2, -0.15) is 5.26 Å². The van der Waals surface area contributed by atoms with Crippen molar-refractivity contribution in [3.8, 4) is 11.9 Å². The molecule has 0 bridgehead atoms. The molecule has 2 atom stereocenters. The minimum atomic E-state index is -0.636. The molecule has 0 aliphatic heterocycles. The molecule has 0 aromatic carbocycles. The Kier molecular flexibility index (Phi) is 4.48. The maximum absolute atomic E-state index is 11.1. The predicted octanol–water partition coefficient (Wildman–Crippen LogP) is 1.90. The van der Waals surface area contributed by atoms with Crippen molar-refractivity contribution in [3.63, 3.8) is 0 Å². The third kappa shape index (κ3) is 3.03. The third-order valence-electron chi connectivity index (χ3n) is 3.46. The van der Waals surface area contributed by atoms with Crippen molar-refractivity contribution in [1.82, 2.24) is 4.98 Å². The average molecular weight is 276 g/mol. The molecule has 2 unspecified atom stereocenters. The van der Waals surface area contributed by atoms with Crippen LogP contribution in [0.2, 0.25) is 0 Å². The molecule has 1 aliphatic carbocycles. The van der Waals surface area contributed by atoms with E-state index in [1.807, 2.05) is 0 Å². The van der Waals surface area contributed by atoms with Crippen LogP contribution in [0.1, 0.15) is 37.7 Å². The van der Waals surface area contributed by atoms with Gasteiger partial charge in [0.05, 0.1) is 4.92 Å². The maximum Gasteiger partial charge on any atom is 0.348 e. The van der Waals surface area contributed by atoms with Gasteiger partial charge in [-0.25, -0.2) is 4.98 Å². The molecular formula is C13H16N4O3. The van der Waals surface area contributed by atoms with Gasteiger partial charge in [0.2, 0.25) is 0 Å². The molecule has 7 heteroatoms. The van der Waals surface area contributed by atoms with E-state index in [0.717, 1.165) is 32.1 Å². The van der Waals surface area contributed by atoms with E-state index in [2.05, 4.69) is 4.98 Å². The molecule has 1 heterocycles. The number of nitrogens with zero attached hydrogens (tertiary/aromatic N) is 3. The summed E-state index contributed by atoms with van der Waals surface area (Å²) in [4.78, 5) is 14.4. The van der Waals surface area contributed by atoms with Gasteiger partial charge in [-0.15, -0.1) is 0 Å². The number of pyridine rings is 1. The van der Waals surface area contributed by atoms with Crippen LogP contribution in [0, 0.1) is 21.4 Å². The third-order valence-corrected chi connectivity index (χ3v) is 3.46. The minimum absolute atomic E-state index is 0.0535. The smallest absolute Gasteiger partial charge is 0.348 e. The summed E-state index contributed by atoms with van der Waals surface area (Å²) in [5.74, 6) is -0.114. The van der Waals surface area contributed by atoms with Crippen molar-refractivity contribution in [2.45, 2.75) is 44.2 Å². The number of hydrogen-bond acceptors (Lipinski definition) is 6. The molecule has 20 heavy (non-hydrogen) atoms. The Morgan fingerprint density at radius 2 is 2.20 bits per heavy atom. The molecule has 2 rings (SSSR count). The second-order valence-electron chi connectivity index (χ2n) is 4.84. The molecule has 1 aliphatic rings. The molecule has 1 fully saturated rings. The topological polar surface area (TPSA) is 115 Å². The first kappa shape index (κ1) is 14.2. The fraction of sp³-hybridized carbons (Fsp3) is 0.538. The lowest BCUT2D eigenvalue weighted by atomic mass is 10.1. The number of nitro groups is 1. The van der Waals surface area contributed by atoms with Crippen LogP contribution >= 0.6 is 0 Å². The van der Waals surface area contributed by atoms with Gasteiger partial charge in [-0.05, 0) is 25.3 Å². The van der Waals surface area contributed by atoms with Crippen molar-refractivity contribution in [3.05, 3.63) is 27.9 Å². The summed E-state index contributed by atoms with van der Waals surface area (Å²) in [6.07, 6.45) is 5.72. The molecule has 2 N–H and O–H groups in total. The van der Waals surface area contributed by atoms with Crippen molar-refractivity contribution in [2.75, 3.05) is 0 Å². The number of aromatic nitrogens is 1. The zero-order valence-electron chi connectivity index (χ0n) is 11.0. The fourth-order valence-corrected chi connectivity index (χ4v) is 2.38. The molecule has 106 valence electrons. The van der Waals surface area contributed by atoms with Crippen molar-refractivity contribution >= 4 is 5.69 Å². The Morgan fingerprint density at radius 1 is 1.45 bits per heavy atom. The standard InChI is InChI=1S/C13H16N4O3/c14-8-9-6-7-16-13(12(9)17(18)19)20-11-5-3-1-2-4-10(11)15/h6-7,10-11H,1-5,15H2. The van der Waals surface area contributed by atoms with Gasteiger partial charge >= 0.3 is 5.69 Å². The first-order valence-corrected chi connectivity index (χ1v) is 6.59. The van der Waals surface area contributed by atoms with Crippen molar-refractivity contribution in [1.29, 1.82) is 5.26 Å². The zero-order valence-corrected chi connectivity index (χ0v) is 11.0. The van der Waals surface area contributed by atoms with E-state index < -0.39 is 4.92 Å². The number of nitriles is 1. The highest BCUT2D eigenvalue weighted by molar-refractivity contribution is 5.54. The highest BCUT2D eigenvalue weighted by Crippen LogP contribution is 2.30. The van der Waals surface area contributed by atoms with Gasteiger partial charge in [0.1, 0.15) is 17.7 Å². The molecule has 1 saturated carbocycles. The lowest BCUT2D eigenvalue weighted by molar-refractivity contribution is -0.386. The highest BCUT2D eigenvalue weighted by atomic mass is 16.6. The number of hydrogen-bond donors (Lipinski definition) is 1. The number of ether oxygens (including phenoxy) is 1. The van der Waals surface area contributed by atoms with E-state index in [-0.39, 0.29) is 29.3 Å². The second kappa shape index (κ2) is 6.30. The van der Waals surface area contributed by atoms with Crippen LogP contribution in [0.4, 0.5) is 5.69 Å². The second-order valence-corrected chi connectivity index (χ2v) is 4.84. The van der Waals surface area contributed by atoms with E-state index in [0.29, 0.717) is 0 Å². The lowest BCUT2D eigenvalue weighted by Gasteiger charge is -2.22. The molecule has 1 aromatic heterocycles. The Morgan fingerprint density at radius 3 is 2.90 bits per heavy atom. The van der Waals surface area contributed by atoms with Gasteiger partial charge in [-0.3, -0.25) is 10.1 Å². The Bertz CT molecular complexity index is 541. The summed E-state index contributed by atoms with van der Waals surface area (Å²) in [5, 5.41) is 20.0. The monoisotopic (exact) mass is 276 g/mol. The Balaban J connectivity index is 2.28. The molecule has 7 nitrogen and oxygen atoms in total. The normalized spacial score (nSPS) is 22.6. The zero-order chi connectivity index (χ0) is 14.5. The molecule has 0 radical (unpaired) electrons. The summed E-state index contributed by atoms with van der Waals surface area (Å²) in [6, 6.07) is 2.93. The quantitative estimate of drug-likeness (QED) is 0.512. The molecular weight excluding hydrogens is 260 g/mol. The summed E-state index contributed by atoms with van der Waals surface area (Å²) in [6.45, 7) is 0. The predicted molar refractivity (Wildman–Crippen MR) is 71.1 cm³/mol. The molecule has 0 spiro atoms. The summed E-state index contributed by atoms with van der Waals surface area (Å²) in [5.41, 5.74) is 5.60. The minimum Gasteiger partial charge on any atom is -0.468 e. The largest absolute Gasteiger partial charge is 0.468 e. The van der Waals surface area contributed by atoms with Crippen LogP contribution < -0.4 is 10.5 Å². The van der Waals surface area contributed by atoms with E-state index in [9.17, 15) is 10.1 Å². The van der Waals surface area contributed by atoms with Crippen LogP contribution in [0.15, 0.2) is 12.3 Å². The van der Waals surface area contributed by atoms with Crippen molar-refractivity contribution in [2.24, 2.45) is 5.73 Å². The average Bonchev–Trinajstić information content (AvgIpc) is 2.63. The fourth-order valence-electron chi connectivity index (χ4n) is 2.38. The van der Waals surface area contributed by atoms with Crippen LogP contribution in [-0.4, -0.2) is 22.1 Å². The first-order valence-electron chi connectivity index (χ1n) is 6.59. The van der Waals surface area contributed by atoms with Gasteiger partial charge in [0.15, 0.2) is 0 Å². The summed E-state index contributed by atoms with van der Waals surface area (Å²) in [7, 11) is 0. The Labute approximate surface area is 116 Å². The van der Waals surface area contributed by atoms with Gasteiger partial charge < -0.3 is 10.5 Å².